The van der Waals surface area contributed by atoms with E-state index in [-0.39, 0.29) is 5.91 Å². The van der Waals surface area contributed by atoms with Gasteiger partial charge in [-0.05, 0) is 31.0 Å². The fourth-order valence-corrected chi connectivity index (χ4v) is 3.74. The molecule has 0 bridgehead atoms. The molecule has 3 rings (SSSR count). The Hall–Kier alpha value is -0.970. The molecule has 22 heavy (non-hydrogen) atoms. The lowest BCUT2D eigenvalue weighted by Crippen LogP contribution is -2.53. The largest absolute Gasteiger partial charge is 0.367 e. The van der Waals surface area contributed by atoms with Crippen LogP contribution in [0, 0.1) is 5.92 Å². The average molecular weight is 342 g/mol. The van der Waals surface area contributed by atoms with Gasteiger partial charge >= 0.3 is 0 Å². The van der Waals surface area contributed by atoms with E-state index in [0.29, 0.717) is 23.4 Å². The summed E-state index contributed by atoms with van der Waals surface area (Å²) in [5, 5.41) is 4.37. The summed E-state index contributed by atoms with van der Waals surface area (Å²) in [5.74, 6) is 0.623. The van der Waals surface area contributed by atoms with Gasteiger partial charge in [-0.2, -0.15) is 0 Å². The minimum Gasteiger partial charge on any atom is -0.367 e. The zero-order valence-electron chi connectivity index (χ0n) is 12.7. The van der Waals surface area contributed by atoms with Gasteiger partial charge in [0.05, 0.1) is 10.7 Å². The minimum atomic E-state index is 0.182. The van der Waals surface area contributed by atoms with E-state index in [1.807, 2.05) is 18.2 Å². The van der Waals surface area contributed by atoms with Gasteiger partial charge in [0.1, 0.15) is 0 Å². The molecule has 1 amide bonds. The Bertz CT molecular complexity index is 566. The van der Waals surface area contributed by atoms with Crippen molar-refractivity contribution in [1.29, 1.82) is 0 Å². The van der Waals surface area contributed by atoms with Crippen molar-refractivity contribution in [3.05, 3.63) is 28.2 Å². The molecule has 4 nitrogen and oxygen atoms in total. The molecule has 1 N–H and O–H groups in total. The summed E-state index contributed by atoms with van der Waals surface area (Å²) in [4.78, 5) is 16.1. The van der Waals surface area contributed by atoms with Gasteiger partial charge in [-0.3, -0.25) is 9.69 Å². The molecule has 2 fully saturated rings. The lowest BCUT2D eigenvalue weighted by Gasteiger charge is -2.42. The van der Waals surface area contributed by atoms with Crippen LogP contribution in [0.1, 0.15) is 13.3 Å². The Kier molecular flexibility index (Phi) is 4.81. The van der Waals surface area contributed by atoms with Gasteiger partial charge < -0.3 is 10.2 Å². The maximum atomic E-state index is 11.3. The van der Waals surface area contributed by atoms with Crippen molar-refractivity contribution >= 4 is 34.8 Å². The van der Waals surface area contributed by atoms with Crippen LogP contribution in [0.5, 0.6) is 0 Å². The number of hydrogen-bond donors (Lipinski definition) is 1. The van der Waals surface area contributed by atoms with Gasteiger partial charge in [0.15, 0.2) is 0 Å². The maximum absolute atomic E-state index is 11.3. The van der Waals surface area contributed by atoms with Crippen LogP contribution in [0.25, 0.3) is 0 Å². The molecule has 0 aromatic heterocycles. The Labute approximate surface area is 141 Å². The normalized spacial score (nSPS) is 26.3. The summed E-state index contributed by atoms with van der Waals surface area (Å²) in [6.45, 7) is 6.86. The van der Waals surface area contributed by atoms with E-state index in [0.717, 1.165) is 43.4 Å². The quantitative estimate of drug-likeness (QED) is 0.917. The minimum absolute atomic E-state index is 0.182. The highest BCUT2D eigenvalue weighted by Crippen LogP contribution is 2.30. The number of carbonyl (C=O) groups excluding carboxylic acids is 1. The highest BCUT2D eigenvalue weighted by Gasteiger charge is 2.29. The van der Waals surface area contributed by atoms with Crippen LogP contribution >= 0.6 is 23.2 Å². The van der Waals surface area contributed by atoms with Crippen molar-refractivity contribution in [1.82, 2.24) is 10.2 Å². The van der Waals surface area contributed by atoms with E-state index in [9.17, 15) is 4.79 Å². The van der Waals surface area contributed by atoms with E-state index >= 15 is 0 Å². The second-order valence-corrected chi connectivity index (χ2v) is 7.10. The third kappa shape index (κ3) is 3.50. The van der Waals surface area contributed by atoms with Gasteiger partial charge in [0, 0.05) is 50.2 Å². The fraction of sp³-hybridized carbons (Fsp3) is 0.562. The third-order valence-corrected chi connectivity index (χ3v) is 5.12. The molecule has 0 spiro atoms. The first-order valence-electron chi connectivity index (χ1n) is 7.73. The molecule has 120 valence electrons. The first-order valence-corrected chi connectivity index (χ1v) is 8.49. The second kappa shape index (κ2) is 6.65. The summed E-state index contributed by atoms with van der Waals surface area (Å²) < 4.78 is 0. The number of benzene rings is 1. The molecule has 2 unspecified atom stereocenters. The van der Waals surface area contributed by atoms with Crippen LogP contribution in [0.4, 0.5) is 5.69 Å². The van der Waals surface area contributed by atoms with Crippen molar-refractivity contribution in [3.63, 3.8) is 0 Å². The van der Waals surface area contributed by atoms with Crippen molar-refractivity contribution in [2.75, 3.05) is 37.6 Å². The van der Waals surface area contributed by atoms with Gasteiger partial charge in [-0.25, -0.2) is 0 Å². The smallest absolute Gasteiger partial charge is 0.220 e. The van der Waals surface area contributed by atoms with E-state index in [1.165, 1.54) is 0 Å². The lowest BCUT2D eigenvalue weighted by molar-refractivity contribution is -0.119. The summed E-state index contributed by atoms with van der Waals surface area (Å²) in [7, 11) is 0. The molecule has 1 aromatic carbocycles. The Morgan fingerprint density at radius 2 is 2.14 bits per heavy atom. The lowest BCUT2D eigenvalue weighted by atomic mass is 10.1. The molecular formula is C16H21Cl2N3O. The molecule has 1 aromatic rings. The molecule has 2 heterocycles. The average Bonchev–Trinajstić information content (AvgIpc) is 2.89. The van der Waals surface area contributed by atoms with Crippen molar-refractivity contribution < 1.29 is 4.79 Å². The first kappa shape index (κ1) is 15.9. The molecule has 6 heteroatoms. The number of nitrogens with zero attached hydrogens (tertiary/aromatic N) is 2. The van der Waals surface area contributed by atoms with Gasteiger partial charge in [-0.1, -0.05) is 23.2 Å². The second-order valence-electron chi connectivity index (χ2n) is 6.26. The van der Waals surface area contributed by atoms with E-state index in [4.69, 9.17) is 23.2 Å². The summed E-state index contributed by atoms with van der Waals surface area (Å²) >= 11 is 12.4. The van der Waals surface area contributed by atoms with Crippen LogP contribution in [-0.4, -0.2) is 49.6 Å². The van der Waals surface area contributed by atoms with Gasteiger partial charge in [0.25, 0.3) is 0 Å². The van der Waals surface area contributed by atoms with E-state index < -0.39 is 0 Å². The third-order valence-electron chi connectivity index (χ3n) is 4.57. The standard InChI is InChI=1S/C16H21Cl2N3O/c1-11-9-21(15-7-13(17)2-3-14(15)18)5-4-20(11)10-12-6-16(22)19-8-12/h2-3,7,11-12H,4-6,8-10H2,1H3,(H,19,22). The van der Waals surface area contributed by atoms with Crippen LogP contribution in [0.15, 0.2) is 18.2 Å². The summed E-state index contributed by atoms with van der Waals surface area (Å²) in [6.07, 6.45) is 0.660. The summed E-state index contributed by atoms with van der Waals surface area (Å²) in [6, 6.07) is 6.04. The molecule has 2 aliphatic heterocycles. The number of nitrogens with one attached hydrogen (secondary N) is 1. The molecule has 0 radical (unpaired) electrons. The number of carbonyl (C=O) groups is 1. The van der Waals surface area contributed by atoms with Crippen LogP contribution in [-0.2, 0) is 4.79 Å². The number of halogens is 2. The van der Waals surface area contributed by atoms with Gasteiger partial charge in [0.2, 0.25) is 5.91 Å². The Morgan fingerprint density at radius 1 is 1.32 bits per heavy atom. The van der Waals surface area contributed by atoms with E-state index in [2.05, 4.69) is 22.0 Å². The molecular weight excluding hydrogens is 321 g/mol. The first-order chi connectivity index (χ1) is 10.5. The SMILES string of the molecule is CC1CN(c2cc(Cl)ccc2Cl)CCN1CC1CNC(=O)C1. The molecule has 0 aliphatic carbocycles. The predicted octanol–water partition coefficient (Wildman–Crippen LogP) is 2.64. The topological polar surface area (TPSA) is 35.6 Å². The maximum Gasteiger partial charge on any atom is 0.220 e. The van der Waals surface area contributed by atoms with Gasteiger partial charge in [-0.15, -0.1) is 0 Å². The molecule has 0 saturated carbocycles. The number of rotatable bonds is 3. The molecule has 2 atom stereocenters. The van der Waals surface area contributed by atoms with Crippen molar-refractivity contribution in [3.8, 4) is 0 Å². The van der Waals surface area contributed by atoms with Crippen molar-refractivity contribution in [2.24, 2.45) is 5.92 Å². The zero-order valence-corrected chi connectivity index (χ0v) is 14.2. The Balaban J connectivity index is 1.62. The highest BCUT2D eigenvalue weighted by atomic mass is 35.5. The van der Waals surface area contributed by atoms with Crippen LogP contribution in [0.3, 0.4) is 0 Å². The van der Waals surface area contributed by atoms with Crippen LogP contribution < -0.4 is 10.2 Å². The number of piperazine rings is 1. The number of amides is 1. The van der Waals surface area contributed by atoms with Crippen molar-refractivity contribution in [2.45, 2.75) is 19.4 Å². The summed E-state index contributed by atoms with van der Waals surface area (Å²) in [5.41, 5.74) is 1.01. The zero-order chi connectivity index (χ0) is 15.7. The van der Waals surface area contributed by atoms with Crippen LogP contribution in [0.2, 0.25) is 10.0 Å². The fourth-order valence-electron chi connectivity index (χ4n) is 3.34. The Morgan fingerprint density at radius 3 is 2.82 bits per heavy atom. The van der Waals surface area contributed by atoms with E-state index in [1.54, 1.807) is 0 Å². The molecule has 2 saturated heterocycles. The predicted molar refractivity (Wildman–Crippen MR) is 90.8 cm³/mol. The molecule has 2 aliphatic rings. The highest BCUT2D eigenvalue weighted by molar-refractivity contribution is 6.35. The monoisotopic (exact) mass is 341 g/mol. The number of anilines is 1. The number of hydrogen-bond acceptors (Lipinski definition) is 3.